The Morgan fingerprint density at radius 2 is 1.87 bits per heavy atom. The first-order valence-electron chi connectivity index (χ1n) is 9.26. The number of nitrogens with one attached hydrogen (secondary N) is 1. The van der Waals surface area contributed by atoms with Crippen molar-refractivity contribution in [3.63, 3.8) is 0 Å². The molecule has 162 valence electrons. The number of amides is 1. The molecule has 0 aliphatic heterocycles. The number of benzene rings is 2. The predicted molar refractivity (Wildman–Crippen MR) is 114 cm³/mol. The molecule has 0 aliphatic carbocycles. The Morgan fingerprint density at radius 3 is 2.55 bits per heavy atom. The standard InChI is InChI=1S/C20H21N5O5S/c1-4-30-19(27)13-5-7-14(8-6-13)21-18(26)12-31-20-22-23-24-25(20)16-10-9-15(28-2)11-17(16)29-3/h5-11H,4,12H2,1-3H3,(H,21,26). The number of thioether (sulfide) groups is 1. The Bertz CT molecular complexity index is 1050. The van der Waals surface area contributed by atoms with Gasteiger partial charge in [0.2, 0.25) is 11.1 Å². The number of aromatic nitrogens is 4. The van der Waals surface area contributed by atoms with Crippen LogP contribution < -0.4 is 14.8 Å². The minimum Gasteiger partial charge on any atom is -0.497 e. The van der Waals surface area contributed by atoms with Gasteiger partial charge in [0.15, 0.2) is 0 Å². The van der Waals surface area contributed by atoms with Gasteiger partial charge in [-0.05, 0) is 53.7 Å². The summed E-state index contributed by atoms with van der Waals surface area (Å²) < 4.78 is 17.0. The molecule has 1 heterocycles. The van der Waals surface area contributed by atoms with E-state index in [0.717, 1.165) is 0 Å². The molecule has 31 heavy (non-hydrogen) atoms. The minimum absolute atomic E-state index is 0.0818. The van der Waals surface area contributed by atoms with Crippen LogP contribution in [0.4, 0.5) is 5.69 Å². The van der Waals surface area contributed by atoms with Gasteiger partial charge in [-0.15, -0.1) is 5.10 Å². The Kier molecular flexibility index (Phi) is 7.44. The summed E-state index contributed by atoms with van der Waals surface area (Å²) in [6.07, 6.45) is 0. The largest absolute Gasteiger partial charge is 0.497 e. The van der Waals surface area contributed by atoms with E-state index in [4.69, 9.17) is 14.2 Å². The fourth-order valence-electron chi connectivity index (χ4n) is 2.61. The molecule has 0 spiro atoms. The van der Waals surface area contributed by atoms with Crippen LogP contribution in [0.2, 0.25) is 0 Å². The first kappa shape index (κ1) is 22.1. The van der Waals surface area contributed by atoms with Crippen molar-refractivity contribution in [3.05, 3.63) is 48.0 Å². The lowest BCUT2D eigenvalue weighted by molar-refractivity contribution is -0.113. The molecular weight excluding hydrogens is 422 g/mol. The highest BCUT2D eigenvalue weighted by Gasteiger charge is 2.16. The first-order chi connectivity index (χ1) is 15.0. The number of carbonyl (C=O) groups is 2. The summed E-state index contributed by atoms with van der Waals surface area (Å²) in [6, 6.07) is 11.7. The van der Waals surface area contributed by atoms with Crippen molar-refractivity contribution >= 4 is 29.3 Å². The maximum Gasteiger partial charge on any atom is 0.338 e. The topological polar surface area (TPSA) is 117 Å². The molecule has 3 rings (SSSR count). The summed E-state index contributed by atoms with van der Waals surface area (Å²) >= 11 is 1.17. The lowest BCUT2D eigenvalue weighted by atomic mass is 10.2. The maximum absolute atomic E-state index is 12.3. The van der Waals surface area contributed by atoms with Gasteiger partial charge in [-0.25, -0.2) is 4.79 Å². The van der Waals surface area contributed by atoms with Gasteiger partial charge < -0.3 is 19.5 Å². The highest BCUT2D eigenvalue weighted by Crippen LogP contribution is 2.29. The van der Waals surface area contributed by atoms with Crippen molar-refractivity contribution in [1.82, 2.24) is 20.2 Å². The average molecular weight is 443 g/mol. The van der Waals surface area contributed by atoms with Crippen LogP contribution in [0.3, 0.4) is 0 Å². The third-order valence-corrected chi connectivity index (χ3v) is 4.99. The van der Waals surface area contributed by atoms with Crippen LogP contribution in [0.25, 0.3) is 5.69 Å². The highest BCUT2D eigenvalue weighted by molar-refractivity contribution is 7.99. The van der Waals surface area contributed by atoms with Crippen LogP contribution >= 0.6 is 11.8 Å². The number of ether oxygens (including phenoxy) is 3. The van der Waals surface area contributed by atoms with Gasteiger partial charge >= 0.3 is 5.97 Å². The van der Waals surface area contributed by atoms with E-state index in [2.05, 4.69) is 20.8 Å². The molecule has 2 aromatic carbocycles. The second kappa shape index (κ2) is 10.4. The van der Waals surface area contributed by atoms with Crippen LogP contribution in [-0.4, -0.2) is 58.7 Å². The number of anilines is 1. The molecule has 1 N–H and O–H groups in total. The van der Waals surface area contributed by atoms with Crippen LogP contribution in [-0.2, 0) is 9.53 Å². The monoisotopic (exact) mass is 443 g/mol. The summed E-state index contributed by atoms with van der Waals surface area (Å²) in [5.74, 6) is 0.594. The second-order valence-corrected chi connectivity index (χ2v) is 6.99. The van der Waals surface area contributed by atoms with Gasteiger partial charge in [0.1, 0.15) is 17.2 Å². The van der Waals surface area contributed by atoms with Crippen molar-refractivity contribution in [3.8, 4) is 17.2 Å². The summed E-state index contributed by atoms with van der Waals surface area (Å²) in [6.45, 7) is 2.04. The van der Waals surface area contributed by atoms with Gasteiger partial charge in [-0.2, -0.15) is 4.68 Å². The number of hydrogen-bond acceptors (Lipinski definition) is 9. The van der Waals surface area contributed by atoms with Crippen molar-refractivity contribution < 1.29 is 23.8 Å². The molecule has 10 nitrogen and oxygen atoms in total. The summed E-state index contributed by atoms with van der Waals surface area (Å²) in [5.41, 5.74) is 1.60. The van der Waals surface area contributed by atoms with E-state index in [1.165, 1.54) is 23.6 Å². The second-order valence-electron chi connectivity index (χ2n) is 6.05. The Balaban J connectivity index is 1.63. The van der Waals surface area contributed by atoms with Gasteiger partial charge in [0, 0.05) is 11.8 Å². The number of nitrogens with zero attached hydrogens (tertiary/aromatic N) is 4. The number of esters is 1. The van der Waals surface area contributed by atoms with Crippen LogP contribution in [0.5, 0.6) is 11.5 Å². The van der Waals surface area contributed by atoms with Crippen LogP contribution in [0, 0.1) is 0 Å². The lowest BCUT2D eigenvalue weighted by Gasteiger charge is -2.11. The lowest BCUT2D eigenvalue weighted by Crippen LogP contribution is -2.15. The summed E-state index contributed by atoms with van der Waals surface area (Å²) in [4.78, 5) is 24.0. The molecule has 0 fully saturated rings. The molecule has 0 atom stereocenters. The number of methoxy groups -OCH3 is 2. The van der Waals surface area contributed by atoms with Gasteiger partial charge in [-0.1, -0.05) is 11.8 Å². The fraction of sp³-hybridized carbons (Fsp3) is 0.250. The van der Waals surface area contributed by atoms with Gasteiger partial charge in [0.05, 0.1) is 32.1 Å². The quantitative estimate of drug-likeness (QED) is 0.393. The van der Waals surface area contributed by atoms with Crippen molar-refractivity contribution in [1.29, 1.82) is 0 Å². The Morgan fingerprint density at radius 1 is 1.10 bits per heavy atom. The Labute approximate surface area is 182 Å². The van der Waals surface area contributed by atoms with Crippen molar-refractivity contribution in [2.45, 2.75) is 12.1 Å². The average Bonchev–Trinajstić information content (AvgIpc) is 3.26. The van der Waals surface area contributed by atoms with E-state index in [1.807, 2.05) is 0 Å². The highest BCUT2D eigenvalue weighted by atomic mass is 32.2. The van der Waals surface area contributed by atoms with E-state index in [-0.39, 0.29) is 11.7 Å². The first-order valence-corrected chi connectivity index (χ1v) is 10.2. The third kappa shape index (κ3) is 5.51. The zero-order valence-electron chi connectivity index (χ0n) is 17.2. The number of carbonyl (C=O) groups excluding carboxylic acids is 2. The molecule has 0 aliphatic rings. The SMILES string of the molecule is CCOC(=O)c1ccc(NC(=O)CSc2nnnn2-c2ccc(OC)cc2OC)cc1. The van der Waals surface area contributed by atoms with E-state index >= 15 is 0 Å². The van der Waals surface area contributed by atoms with E-state index < -0.39 is 5.97 Å². The van der Waals surface area contributed by atoms with Crippen molar-refractivity contribution in [2.24, 2.45) is 0 Å². The molecule has 3 aromatic rings. The third-order valence-electron chi connectivity index (χ3n) is 4.07. The zero-order valence-corrected chi connectivity index (χ0v) is 18.0. The summed E-state index contributed by atoms with van der Waals surface area (Å²) in [5, 5.41) is 14.9. The van der Waals surface area contributed by atoms with E-state index in [1.54, 1.807) is 56.5 Å². The molecule has 1 amide bonds. The molecule has 0 saturated carbocycles. The van der Waals surface area contributed by atoms with E-state index in [0.29, 0.717) is 40.2 Å². The van der Waals surface area contributed by atoms with Crippen LogP contribution in [0.15, 0.2) is 47.6 Å². The summed E-state index contributed by atoms with van der Waals surface area (Å²) in [7, 11) is 3.10. The van der Waals surface area contributed by atoms with E-state index in [9.17, 15) is 9.59 Å². The zero-order chi connectivity index (χ0) is 22.2. The number of hydrogen-bond donors (Lipinski definition) is 1. The van der Waals surface area contributed by atoms with Gasteiger partial charge in [0.25, 0.3) is 0 Å². The molecule has 0 radical (unpaired) electrons. The molecule has 0 bridgehead atoms. The number of rotatable bonds is 9. The van der Waals surface area contributed by atoms with Crippen LogP contribution in [0.1, 0.15) is 17.3 Å². The van der Waals surface area contributed by atoms with Crippen molar-refractivity contribution in [2.75, 3.05) is 31.9 Å². The smallest absolute Gasteiger partial charge is 0.338 e. The molecule has 0 saturated heterocycles. The molecule has 1 aromatic heterocycles. The predicted octanol–water partition coefficient (Wildman–Crippen LogP) is 2.59. The fourth-order valence-corrected chi connectivity index (χ4v) is 3.30. The minimum atomic E-state index is -0.406. The molecule has 0 unspecified atom stereocenters. The Hall–Kier alpha value is -3.60. The normalized spacial score (nSPS) is 10.4. The molecular formula is C20H21N5O5S. The maximum atomic E-state index is 12.3. The molecule has 11 heteroatoms. The number of tetrazole rings is 1. The van der Waals surface area contributed by atoms with Gasteiger partial charge in [-0.3, -0.25) is 4.79 Å².